The second-order valence-corrected chi connectivity index (χ2v) is 10.4. The molecular weight excluding hydrogens is 522 g/mol. The number of aryl methyl sites for hydroxylation is 1. The van der Waals surface area contributed by atoms with E-state index in [0.717, 1.165) is 24.2 Å². The quantitative estimate of drug-likeness (QED) is 0.139. The number of aromatic nitrogens is 2. The van der Waals surface area contributed by atoms with E-state index < -0.39 is 17.7 Å². The van der Waals surface area contributed by atoms with Crippen molar-refractivity contribution in [1.82, 2.24) is 14.5 Å². The van der Waals surface area contributed by atoms with Crippen LogP contribution in [-0.2, 0) is 22.6 Å². The third-order valence-corrected chi connectivity index (χ3v) is 7.42. The lowest BCUT2D eigenvalue weighted by Crippen LogP contribution is -2.31. The van der Waals surface area contributed by atoms with Gasteiger partial charge in [0, 0.05) is 37.5 Å². The molecule has 9 nitrogen and oxygen atoms in total. The van der Waals surface area contributed by atoms with Gasteiger partial charge in [0.2, 0.25) is 0 Å². The standard InChI is InChI=1S/C32H37N3O6/c1-4-6-16-40-26-11-8-22(19-27(26)39-5-2)29-28(30(36)23-9-10-25-24(18-23)17-21(3)41-25)31(37)32(38)35(29)14-7-13-34-15-12-33-20-34/h8-12,15,18-21,29,36H,4-7,13-14,16-17H2,1-3H3. The van der Waals surface area contributed by atoms with Crippen LogP contribution in [0.2, 0.25) is 0 Å². The van der Waals surface area contributed by atoms with Gasteiger partial charge in [-0.2, -0.15) is 0 Å². The summed E-state index contributed by atoms with van der Waals surface area (Å²) in [4.78, 5) is 32.6. The molecule has 3 heterocycles. The number of carbonyl (C=O) groups is 2. The summed E-state index contributed by atoms with van der Waals surface area (Å²) in [5.74, 6) is 0.366. The highest BCUT2D eigenvalue weighted by atomic mass is 16.5. The van der Waals surface area contributed by atoms with Crippen molar-refractivity contribution in [2.75, 3.05) is 19.8 Å². The van der Waals surface area contributed by atoms with E-state index in [4.69, 9.17) is 14.2 Å². The number of unbranched alkanes of at least 4 members (excludes halogenated alkanes) is 1. The highest BCUT2D eigenvalue weighted by molar-refractivity contribution is 6.46. The number of benzene rings is 2. The summed E-state index contributed by atoms with van der Waals surface area (Å²) >= 11 is 0. The molecule has 1 aromatic heterocycles. The molecule has 0 radical (unpaired) electrons. The molecule has 5 rings (SSSR count). The zero-order valence-corrected chi connectivity index (χ0v) is 23.8. The van der Waals surface area contributed by atoms with Crippen molar-refractivity contribution in [3.05, 3.63) is 77.4 Å². The lowest BCUT2D eigenvalue weighted by atomic mass is 9.94. The van der Waals surface area contributed by atoms with Crippen LogP contribution in [-0.4, -0.2) is 57.1 Å². The number of rotatable bonds is 12. The Morgan fingerprint density at radius 3 is 2.68 bits per heavy atom. The van der Waals surface area contributed by atoms with Crippen molar-refractivity contribution in [1.29, 1.82) is 0 Å². The summed E-state index contributed by atoms with van der Waals surface area (Å²) in [6.07, 6.45) is 8.54. The number of imidazole rings is 1. The molecule has 2 aromatic carbocycles. The molecule has 2 unspecified atom stereocenters. The van der Waals surface area contributed by atoms with Crippen LogP contribution in [0, 0.1) is 0 Å². The maximum absolute atomic E-state index is 13.5. The molecule has 0 aliphatic carbocycles. The number of fused-ring (bicyclic) bond motifs is 1. The number of nitrogens with zero attached hydrogens (tertiary/aromatic N) is 3. The van der Waals surface area contributed by atoms with E-state index >= 15 is 0 Å². The van der Waals surface area contributed by atoms with Gasteiger partial charge in [-0.05, 0) is 68.1 Å². The van der Waals surface area contributed by atoms with Crippen molar-refractivity contribution >= 4 is 17.4 Å². The SMILES string of the molecule is CCCCOc1ccc(C2C(=C(O)c3ccc4c(c3)CC(C)O4)C(=O)C(=O)N2CCCn2ccnc2)cc1OCC. The van der Waals surface area contributed by atoms with Crippen LogP contribution in [0.25, 0.3) is 5.76 Å². The summed E-state index contributed by atoms with van der Waals surface area (Å²) in [5, 5.41) is 11.6. The van der Waals surface area contributed by atoms with Crippen LogP contribution in [0.1, 0.15) is 62.8 Å². The molecule has 0 spiro atoms. The minimum absolute atomic E-state index is 0.0403. The largest absolute Gasteiger partial charge is 0.507 e. The summed E-state index contributed by atoms with van der Waals surface area (Å²) in [6, 6.07) is 10.1. The number of aliphatic hydroxyl groups excluding tert-OH is 1. The fourth-order valence-corrected chi connectivity index (χ4v) is 5.43. The van der Waals surface area contributed by atoms with Crippen molar-refractivity contribution in [3.8, 4) is 17.2 Å². The molecular formula is C32H37N3O6. The Bertz CT molecular complexity index is 1430. The summed E-state index contributed by atoms with van der Waals surface area (Å²) in [7, 11) is 0. The number of aliphatic hydroxyl groups is 1. The molecule has 3 aromatic rings. The topological polar surface area (TPSA) is 103 Å². The minimum atomic E-state index is -0.787. The normalized spacial score (nSPS) is 19.3. The van der Waals surface area contributed by atoms with Crippen LogP contribution < -0.4 is 14.2 Å². The maximum Gasteiger partial charge on any atom is 0.295 e. The lowest BCUT2D eigenvalue weighted by molar-refractivity contribution is -0.139. The van der Waals surface area contributed by atoms with Crippen molar-refractivity contribution < 1.29 is 28.9 Å². The number of amides is 1. The molecule has 1 fully saturated rings. The molecule has 9 heteroatoms. The fourth-order valence-electron chi connectivity index (χ4n) is 5.43. The van der Waals surface area contributed by atoms with E-state index in [1.807, 2.05) is 48.9 Å². The third kappa shape index (κ3) is 5.94. The Morgan fingerprint density at radius 1 is 1.07 bits per heavy atom. The predicted octanol–water partition coefficient (Wildman–Crippen LogP) is 5.30. The van der Waals surface area contributed by atoms with E-state index in [2.05, 4.69) is 11.9 Å². The van der Waals surface area contributed by atoms with Crippen LogP contribution in [0.5, 0.6) is 17.2 Å². The first-order chi connectivity index (χ1) is 19.9. The van der Waals surface area contributed by atoms with Gasteiger partial charge in [-0.25, -0.2) is 4.98 Å². The maximum atomic E-state index is 13.5. The van der Waals surface area contributed by atoms with E-state index in [1.54, 1.807) is 29.6 Å². The van der Waals surface area contributed by atoms with Gasteiger partial charge >= 0.3 is 0 Å². The monoisotopic (exact) mass is 559 g/mol. The van der Waals surface area contributed by atoms with Crippen molar-refractivity contribution in [3.63, 3.8) is 0 Å². The third-order valence-electron chi connectivity index (χ3n) is 7.42. The first-order valence-corrected chi connectivity index (χ1v) is 14.3. The number of ether oxygens (including phenoxy) is 3. The second-order valence-electron chi connectivity index (χ2n) is 10.4. The molecule has 0 saturated carbocycles. The fraction of sp³-hybridized carbons (Fsp3) is 0.406. The van der Waals surface area contributed by atoms with Gasteiger partial charge in [-0.15, -0.1) is 0 Å². The first-order valence-electron chi connectivity index (χ1n) is 14.3. The smallest absolute Gasteiger partial charge is 0.295 e. The zero-order chi connectivity index (χ0) is 28.9. The predicted molar refractivity (Wildman–Crippen MR) is 154 cm³/mol. The summed E-state index contributed by atoms with van der Waals surface area (Å²) < 4.78 is 19.6. The van der Waals surface area contributed by atoms with E-state index in [-0.39, 0.29) is 17.4 Å². The highest BCUT2D eigenvalue weighted by Crippen LogP contribution is 2.43. The van der Waals surface area contributed by atoms with Crippen LogP contribution in [0.3, 0.4) is 0 Å². The van der Waals surface area contributed by atoms with Gasteiger partial charge in [0.15, 0.2) is 11.5 Å². The van der Waals surface area contributed by atoms with E-state index in [1.165, 1.54) is 0 Å². The Morgan fingerprint density at radius 2 is 1.93 bits per heavy atom. The number of Topliss-reactive ketones (excluding diaryl/α,β-unsaturated/α-hetero) is 1. The lowest BCUT2D eigenvalue weighted by Gasteiger charge is -2.26. The van der Waals surface area contributed by atoms with Gasteiger partial charge in [-0.1, -0.05) is 19.4 Å². The molecule has 1 saturated heterocycles. The average Bonchev–Trinajstić information content (AvgIpc) is 3.68. The van der Waals surface area contributed by atoms with Gasteiger partial charge in [0.25, 0.3) is 11.7 Å². The molecule has 2 atom stereocenters. The Labute approximate surface area is 240 Å². The van der Waals surface area contributed by atoms with E-state index in [9.17, 15) is 14.7 Å². The Balaban J connectivity index is 1.54. The molecule has 1 N–H and O–H groups in total. The van der Waals surface area contributed by atoms with Crippen molar-refractivity contribution in [2.45, 2.75) is 65.1 Å². The first kappa shape index (κ1) is 28.3. The minimum Gasteiger partial charge on any atom is -0.507 e. The Hall–Kier alpha value is -4.27. The molecule has 216 valence electrons. The average molecular weight is 560 g/mol. The molecule has 0 bridgehead atoms. The molecule has 2 aliphatic rings. The van der Waals surface area contributed by atoms with Gasteiger partial charge < -0.3 is 28.8 Å². The number of likely N-dealkylation sites (tertiary alicyclic amines) is 1. The number of carbonyl (C=O) groups excluding carboxylic acids is 2. The zero-order valence-electron chi connectivity index (χ0n) is 23.8. The van der Waals surface area contributed by atoms with Gasteiger partial charge in [0.1, 0.15) is 17.6 Å². The van der Waals surface area contributed by atoms with Crippen LogP contribution >= 0.6 is 0 Å². The van der Waals surface area contributed by atoms with Crippen LogP contribution in [0.15, 0.2) is 60.7 Å². The van der Waals surface area contributed by atoms with Crippen LogP contribution in [0.4, 0.5) is 0 Å². The summed E-state index contributed by atoms with van der Waals surface area (Å²) in [6.45, 7) is 7.91. The number of hydrogen-bond donors (Lipinski definition) is 1. The molecule has 41 heavy (non-hydrogen) atoms. The second kappa shape index (κ2) is 12.5. The number of ketones is 1. The van der Waals surface area contributed by atoms with Gasteiger partial charge in [-0.3, -0.25) is 9.59 Å². The van der Waals surface area contributed by atoms with Crippen molar-refractivity contribution in [2.24, 2.45) is 0 Å². The molecule has 2 aliphatic heterocycles. The van der Waals surface area contributed by atoms with Gasteiger partial charge in [0.05, 0.1) is 31.2 Å². The molecule has 1 amide bonds. The summed E-state index contributed by atoms with van der Waals surface area (Å²) in [5.41, 5.74) is 2.16. The van der Waals surface area contributed by atoms with E-state index in [0.29, 0.717) is 61.8 Å². The Kier molecular flexibility index (Phi) is 8.61. The number of hydrogen-bond acceptors (Lipinski definition) is 7. The highest BCUT2D eigenvalue weighted by Gasteiger charge is 2.46.